The Morgan fingerprint density at radius 1 is 1.28 bits per heavy atom. The molecule has 130 valence electrons. The van der Waals surface area contributed by atoms with Crippen molar-refractivity contribution in [3.8, 4) is 0 Å². The number of aromatic nitrogens is 2. The summed E-state index contributed by atoms with van der Waals surface area (Å²) in [6.07, 6.45) is 1.80. The zero-order valence-electron chi connectivity index (χ0n) is 14.2. The largest absolute Gasteiger partial charge is 0.467 e. The Hall–Kier alpha value is -2.89. The first-order valence-electron chi connectivity index (χ1n) is 8.10. The van der Waals surface area contributed by atoms with Gasteiger partial charge < -0.3 is 9.73 Å². The van der Waals surface area contributed by atoms with Gasteiger partial charge in [0.2, 0.25) is 5.91 Å². The van der Waals surface area contributed by atoms with Crippen LogP contribution in [-0.2, 0) is 11.2 Å². The molecule has 2 heterocycles. The first-order valence-corrected chi connectivity index (χ1v) is 8.10. The summed E-state index contributed by atoms with van der Waals surface area (Å²) >= 11 is 0. The summed E-state index contributed by atoms with van der Waals surface area (Å²) < 4.78 is 20.3. The summed E-state index contributed by atoms with van der Waals surface area (Å²) in [6.45, 7) is 4.25. The highest BCUT2D eigenvalue weighted by Gasteiger charge is 2.20. The van der Waals surface area contributed by atoms with Gasteiger partial charge in [0.25, 0.3) is 0 Å². The van der Waals surface area contributed by atoms with E-state index in [9.17, 15) is 9.18 Å². The molecular formula is C19H20FN3O2. The smallest absolute Gasteiger partial charge is 0.224 e. The van der Waals surface area contributed by atoms with Gasteiger partial charge in [0.15, 0.2) is 0 Å². The normalized spacial score (nSPS) is 12.1. The fourth-order valence-electron chi connectivity index (χ4n) is 2.81. The minimum Gasteiger partial charge on any atom is -0.467 e. The molecule has 1 N–H and O–H groups in total. The van der Waals surface area contributed by atoms with Gasteiger partial charge in [-0.3, -0.25) is 9.48 Å². The molecule has 25 heavy (non-hydrogen) atoms. The van der Waals surface area contributed by atoms with Crippen LogP contribution in [-0.4, -0.2) is 22.2 Å². The lowest BCUT2D eigenvalue weighted by Gasteiger charge is -2.18. The average Bonchev–Trinajstić information content (AvgIpc) is 3.20. The minimum absolute atomic E-state index is 0.135. The molecule has 0 saturated carbocycles. The molecule has 1 atom stereocenters. The lowest BCUT2D eigenvalue weighted by atomic mass is 10.1. The van der Waals surface area contributed by atoms with E-state index in [1.807, 2.05) is 36.7 Å². The van der Waals surface area contributed by atoms with E-state index in [4.69, 9.17) is 4.42 Å². The predicted molar refractivity (Wildman–Crippen MR) is 91.7 cm³/mol. The minimum atomic E-state index is -0.313. The van der Waals surface area contributed by atoms with Crippen LogP contribution >= 0.6 is 0 Å². The molecule has 0 aliphatic carbocycles. The van der Waals surface area contributed by atoms with Gasteiger partial charge >= 0.3 is 0 Å². The summed E-state index contributed by atoms with van der Waals surface area (Å²) in [4.78, 5) is 12.2. The van der Waals surface area contributed by atoms with Crippen LogP contribution in [0.1, 0.15) is 28.8 Å². The SMILES string of the molecule is Cc1cc(C)n(C(CNC(=O)Cc2ccc(F)cc2)c2ccco2)n1. The van der Waals surface area contributed by atoms with Gasteiger partial charge in [-0.15, -0.1) is 0 Å². The lowest BCUT2D eigenvalue weighted by molar-refractivity contribution is -0.120. The van der Waals surface area contributed by atoms with Crippen molar-refractivity contribution in [2.24, 2.45) is 0 Å². The summed E-state index contributed by atoms with van der Waals surface area (Å²) in [5.41, 5.74) is 2.66. The summed E-state index contributed by atoms with van der Waals surface area (Å²) in [5.74, 6) is 0.282. The van der Waals surface area contributed by atoms with Gasteiger partial charge in [-0.2, -0.15) is 5.10 Å². The number of amides is 1. The molecule has 1 aromatic carbocycles. The van der Waals surface area contributed by atoms with Crippen LogP contribution in [0.5, 0.6) is 0 Å². The van der Waals surface area contributed by atoms with Crippen molar-refractivity contribution in [2.75, 3.05) is 6.54 Å². The molecular weight excluding hydrogens is 321 g/mol. The van der Waals surface area contributed by atoms with Crippen LogP contribution in [0.25, 0.3) is 0 Å². The Balaban J connectivity index is 1.69. The van der Waals surface area contributed by atoms with Gasteiger partial charge in [0.05, 0.1) is 18.4 Å². The highest BCUT2D eigenvalue weighted by atomic mass is 19.1. The van der Waals surface area contributed by atoms with Gasteiger partial charge in [-0.05, 0) is 49.7 Å². The van der Waals surface area contributed by atoms with Crippen molar-refractivity contribution in [3.63, 3.8) is 0 Å². The number of carbonyl (C=O) groups excluding carboxylic acids is 1. The molecule has 3 rings (SSSR count). The van der Waals surface area contributed by atoms with Crippen molar-refractivity contribution in [3.05, 3.63) is 77.3 Å². The summed E-state index contributed by atoms with van der Waals surface area (Å²) in [5, 5.41) is 7.42. The molecule has 0 saturated heterocycles. The molecule has 2 aromatic heterocycles. The Bertz CT molecular complexity index is 838. The van der Waals surface area contributed by atoms with E-state index in [1.165, 1.54) is 12.1 Å². The molecule has 0 spiro atoms. The second kappa shape index (κ2) is 7.34. The highest BCUT2D eigenvalue weighted by Crippen LogP contribution is 2.20. The number of aryl methyl sites for hydroxylation is 2. The fraction of sp³-hybridized carbons (Fsp3) is 0.263. The molecule has 6 heteroatoms. The Morgan fingerprint density at radius 2 is 2.04 bits per heavy atom. The molecule has 1 unspecified atom stereocenters. The van der Waals surface area contributed by atoms with Crippen molar-refractivity contribution < 1.29 is 13.6 Å². The average molecular weight is 341 g/mol. The van der Waals surface area contributed by atoms with Crippen LogP contribution in [0.2, 0.25) is 0 Å². The number of furan rings is 1. The van der Waals surface area contributed by atoms with Crippen LogP contribution in [0.15, 0.2) is 53.1 Å². The van der Waals surface area contributed by atoms with Crippen molar-refractivity contribution in [1.29, 1.82) is 0 Å². The number of benzene rings is 1. The fourth-order valence-corrected chi connectivity index (χ4v) is 2.81. The second-order valence-electron chi connectivity index (χ2n) is 6.01. The maximum absolute atomic E-state index is 12.9. The van der Waals surface area contributed by atoms with E-state index >= 15 is 0 Å². The molecule has 0 aliphatic heterocycles. The quantitative estimate of drug-likeness (QED) is 0.749. The van der Waals surface area contributed by atoms with E-state index in [1.54, 1.807) is 18.4 Å². The number of nitrogens with zero attached hydrogens (tertiary/aromatic N) is 2. The van der Waals surface area contributed by atoms with Crippen LogP contribution in [0, 0.1) is 19.7 Å². The first-order chi connectivity index (χ1) is 12.0. The molecule has 0 aliphatic rings. The summed E-state index contributed by atoms with van der Waals surface area (Å²) in [6, 6.07) is 11.4. The van der Waals surface area contributed by atoms with E-state index < -0.39 is 0 Å². The van der Waals surface area contributed by atoms with E-state index in [0.717, 1.165) is 22.7 Å². The molecule has 0 bridgehead atoms. The van der Waals surface area contributed by atoms with E-state index in [2.05, 4.69) is 10.4 Å². The van der Waals surface area contributed by atoms with Crippen molar-refractivity contribution >= 4 is 5.91 Å². The van der Waals surface area contributed by atoms with Gasteiger partial charge in [-0.25, -0.2) is 4.39 Å². The van der Waals surface area contributed by atoms with E-state index in [0.29, 0.717) is 6.54 Å². The zero-order valence-corrected chi connectivity index (χ0v) is 14.2. The standard InChI is InChI=1S/C19H20FN3O2/c1-13-10-14(2)23(22-13)17(18-4-3-9-25-18)12-21-19(24)11-15-5-7-16(20)8-6-15/h3-10,17H,11-12H2,1-2H3,(H,21,24). The third-order valence-corrected chi connectivity index (χ3v) is 3.98. The highest BCUT2D eigenvalue weighted by molar-refractivity contribution is 5.78. The van der Waals surface area contributed by atoms with Crippen molar-refractivity contribution in [1.82, 2.24) is 15.1 Å². The summed E-state index contributed by atoms with van der Waals surface area (Å²) in [7, 11) is 0. The van der Waals surface area contributed by atoms with Crippen molar-refractivity contribution in [2.45, 2.75) is 26.3 Å². The van der Waals surface area contributed by atoms with Crippen LogP contribution in [0.3, 0.4) is 0 Å². The van der Waals surface area contributed by atoms with Crippen LogP contribution < -0.4 is 5.32 Å². The molecule has 5 nitrogen and oxygen atoms in total. The molecule has 0 fully saturated rings. The monoisotopic (exact) mass is 341 g/mol. The Morgan fingerprint density at radius 3 is 2.64 bits per heavy atom. The third-order valence-electron chi connectivity index (χ3n) is 3.98. The Kier molecular flexibility index (Phi) is 4.97. The third kappa shape index (κ3) is 4.15. The maximum Gasteiger partial charge on any atom is 0.224 e. The number of rotatable bonds is 6. The maximum atomic E-state index is 12.9. The number of carbonyl (C=O) groups is 1. The predicted octanol–water partition coefficient (Wildman–Crippen LogP) is 3.18. The Labute approximate surface area is 145 Å². The topological polar surface area (TPSA) is 60.1 Å². The number of hydrogen-bond donors (Lipinski definition) is 1. The lowest BCUT2D eigenvalue weighted by Crippen LogP contribution is -2.33. The van der Waals surface area contributed by atoms with Gasteiger partial charge in [0, 0.05) is 12.2 Å². The molecule has 0 radical (unpaired) electrons. The zero-order chi connectivity index (χ0) is 17.8. The first kappa shape index (κ1) is 17.0. The number of halogens is 1. The molecule has 3 aromatic rings. The van der Waals surface area contributed by atoms with E-state index in [-0.39, 0.29) is 24.2 Å². The number of hydrogen-bond acceptors (Lipinski definition) is 3. The van der Waals surface area contributed by atoms with Gasteiger partial charge in [-0.1, -0.05) is 12.1 Å². The number of nitrogens with one attached hydrogen (secondary N) is 1. The van der Waals surface area contributed by atoms with Crippen LogP contribution in [0.4, 0.5) is 4.39 Å². The van der Waals surface area contributed by atoms with Gasteiger partial charge in [0.1, 0.15) is 17.6 Å². The second-order valence-corrected chi connectivity index (χ2v) is 6.01. The molecule has 1 amide bonds.